The van der Waals surface area contributed by atoms with Crippen molar-refractivity contribution in [3.05, 3.63) is 34.6 Å². The first-order chi connectivity index (χ1) is 7.80. The van der Waals surface area contributed by atoms with Crippen LogP contribution >= 0.6 is 22.3 Å². The van der Waals surface area contributed by atoms with E-state index in [-0.39, 0.29) is 10.0 Å². The highest BCUT2D eigenvalue weighted by Crippen LogP contribution is 2.32. The summed E-state index contributed by atoms with van der Waals surface area (Å²) in [5, 5.41) is 1.41. The number of pyridine rings is 1. The van der Waals surface area contributed by atoms with E-state index in [1.165, 1.54) is 12.3 Å². The van der Waals surface area contributed by atoms with Crippen LogP contribution in [0.1, 0.15) is 11.1 Å². The minimum absolute atomic E-state index is 0.0796. The standard InChI is InChI=1S/C11H9Cl2NO2S/c1-6-3-8-10(7(2)5-14-11(8)12)9(4-6)17(13,15)16/h3-5H,1-2H3. The third-order valence-electron chi connectivity index (χ3n) is 2.50. The van der Waals surface area contributed by atoms with Crippen molar-refractivity contribution in [1.82, 2.24) is 4.98 Å². The maximum Gasteiger partial charge on any atom is 0.261 e. The van der Waals surface area contributed by atoms with E-state index in [0.717, 1.165) is 11.1 Å². The van der Waals surface area contributed by atoms with Crippen LogP contribution in [0.15, 0.2) is 23.2 Å². The number of hydrogen-bond donors (Lipinski definition) is 0. The molecule has 0 aliphatic rings. The summed E-state index contributed by atoms with van der Waals surface area (Å²) < 4.78 is 23.1. The van der Waals surface area contributed by atoms with E-state index in [4.69, 9.17) is 22.3 Å². The zero-order valence-corrected chi connectivity index (χ0v) is 11.5. The fourth-order valence-electron chi connectivity index (χ4n) is 1.80. The summed E-state index contributed by atoms with van der Waals surface area (Å²) in [4.78, 5) is 4.08. The van der Waals surface area contributed by atoms with Crippen LogP contribution in [0.25, 0.3) is 10.8 Å². The highest BCUT2D eigenvalue weighted by Gasteiger charge is 2.18. The maximum atomic E-state index is 11.6. The molecule has 0 spiro atoms. The Balaban J connectivity index is 3.09. The number of hydrogen-bond acceptors (Lipinski definition) is 3. The molecule has 0 atom stereocenters. The van der Waals surface area contributed by atoms with Crippen LogP contribution in [0.3, 0.4) is 0 Å². The van der Waals surface area contributed by atoms with Gasteiger partial charge in [-0.3, -0.25) is 0 Å². The van der Waals surface area contributed by atoms with Crippen LogP contribution in [0.5, 0.6) is 0 Å². The second-order valence-electron chi connectivity index (χ2n) is 3.86. The number of benzene rings is 1. The van der Waals surface area contributed by atoms with Crippen molar-refractivity contribution in [2.45, 2.75) is 18.7 Å². The molecule has 0 saturated carbocycles. The Bertz CT molecular complexity index is 711. The van der Waals surface area contributed by atoms with Crippen LogP contribution in [-0.2, 0) is 9.05 Å². The highest BCUT2D eigenvalue weighted by molar-refractivity contribution is 8.14. The molecule has 2 rings (SSSR count). The predicted molar refractivity (Wildman–Crippen MR) is 69.3 cm³/mol. The van der Waals surface area contributed by atoms with Gasteiger partial charge in [0.05, 0.1) is 4.90 Å². The Labute approximate surface area is 109 Å². The number of fused-ring (bicyclic) bond motifs is 1. The summed E-state index contributed by atoms with van der Waals surface area (Å²) in [6.45, 7) is 3.55. The molecular formula is C11H9Cl2NO2S. The summed E-state index contributed by atoms with van der Waals surface area (Å²) >= 11 is 5.97. The number of nitrogens with zero attached hydrogens (tertiary/aromatic N) is 1. The highest BCUT2D eigenvalue weighted by atomic mass is 35.7. The summed E-state index contributed by atoms with van der Waals surface area (Å²) in [7, 11) is 1.64. The molecule has 2 aromatic rings. The van der Waals surface area contributed by atoms with Gasteiger partial charge >= 0.3 is 0 Å². The molecule has 0 aliphatic heterocycles. The van der Waals surface area contributed by atoms with Gasteiger partial charge in [0.15, 0.2) is 0 Å². The molecule has 0 saturated heterocycles. The maximum absolute atomic E-state index is 11.6. The molecule has 3 nitrogen and oxygen atoms in total. The average molecular weight is 290 g/mol. The first-order valence-corrected chi connectivity index (χ1v) is 7.49. The zero-order chi connectivity index (χ0) is 12.8. The molecule has 90 valence electrons. The molecule has 0 radical (unpaired) electrons. The first-order valence-electron chi connectivity index (χ1n) is 4.81. The fourth-order valence-corrected chi connectivity index (χ4v) is 3.21. The molecule has 0 N–H and O–H groups in total. The Morgan fingerprint density at radius 2 is 1.88 bits per heavy atom. The van der Waals surface area contributed by atoms with Gasteiger partial charge in [0.25, 0.3) is 9.05 Å². The summed E-state index contributed by atoms with van der Waals surface area (Å²) in [5.41, 5.74) is 1.50. The Hall–Kier alpha value is -0.840. The van der Waals surface area contributed by atoms with E-state index >= 15 is 0 Å². The van der Waals surface area contributed by atoms with Crippen molar-refractivity contribution < 1.29 is 8.42 Å². The van der Waals surface area contributed by atoms with E-state index in [0.29, 0.717) is 10.8 Å². The van der Waals surface area contributed by atoms with Crippen molar-refractivity contribution in [3.63, 3.8) is 0 Å². The van der Waals surface area contributed by atoms with E-state index in [2.05, 4.69) is 4.98 Å². The fraction of sp³-hybridized carbons (Fsp3) is 0.182. The van der Waals surface area contributed by atoms with Crippen molar-refractivity contribution in [1.29, 1.82) is 0 Å². The third-order valence-corrected chi connectivity index (χ3v) is 4.14. The largest absolute Gasteiger partial charge is 0.261 e. The van der Waals surface area contributed by atoms with Gasteiger partial charge in [-0.15, -0.1) is 0 Å². The monoisotopic (exact) mass is 289 g/mol. The van der Waals surface area contributed by atoms with Crippen molar-refractivity contribution in [3.8, 4) is 0 Å². The smallest absolute Gasteiger partial charge is 0.244 e. The molecule has 1 aromatic carbocycles. The van der Waals surface area contributed by atoms with Gasteiger partial charge < -0.3 is 0 Å². The van der Waals surface area contributed by atoms with Gasteiger partial charge in [-0.2, -0.15) is 0 Å². The van der Waals surface area contributed by atoms with E-state index in [1.54, 1.807) is 19.9 Å². The molecule has 0 bridgehead atoms. The summed E-state index contributed by atoms with van der Waals surface area (Å²) in [6.07, 6.45) is 1.53. The van der Waals surface area contributed by atoms with Crippen LogP contribution < -0.4 is 0 Å². The van der Waals surface area contributed by atoms with E-state index in [9.17, 15) is 8.42 Å². The second kappa shape index (κ2) is 4.12. The third kappa shape index (κ3) is 2.25. The SMILES string of the molecule is Cc1cc(S(=O)(=O)Cl)c2c(C)cnc(Cl)c2c1. The van der Waals surface area contributed by atoms with Gasteiger partial charge in [-0.05, 0) is 37.1 Å². The van der Waals surface area contributed by atoms with Crippen molar-refractivity contribution in [2.75, 3.05) is 0 Å². The Kier molecular flexibility index (Phi) is 3.06. The second-order valence-corrected chi connectivity index (χ2v) is 6.75. The van der Waals surface area contributed by atoms with Gasteiger partial charge in [-0.25, -0.2) is 13.4 Å². The molecule has 1 heterocycles. The molecule has 0 amide bonds. The van der Waals surface area contributed by atoms with Gasteiger partial charge in [0.2, 0.25) is 0 Å². The lowest BCUT2D eigenvalue weighted by atomic mass is 10.1. The van der Waals surface area contributed by atoms with E-state index < -0.39 is 9.05 Å². The van der Waals surface area contributed by atoms with Crippen LogP contribution in [-0.4, -0.2) is 13.4 Å². The minimum atomic E-state index is -3.81. The van der Waals surface area contributed by atoms with Crippen LogP contribution in [0.4, 0.5) is 0 Å². The van der Waals surface area contributed by atoms with Gasteiger partial charge in [0, 0.05) is 27.7 Å². The van der Waals surface area contributed by atoms with Crippen molar-refractivity contribution >= 4 is 42.1 Å². The quantitative estimate of drug-likeness (QED) is 0.597. The lowest BCUT2D eigenvalue weighted by Gasteiger charge is -2.09. The Morgan fingerprint density at radius 3 is 2.47 bits per heavy atom. The molecule has 0 aliphatic carbocycles. The lowest BCUT2D eigenvalue weighted by molar-refractivity contribution is 0.610. The molecule has 0 unspecified atom stereocenters. The van der Waals surface area contributed by atoms with E-state index in [1.807, 2.05) is 0 Å². The van der Waals surface area contributed by atoms with Gasteiger partial charge in [-0.1, -0.05) is 11.6 Å². The number of aromatic nitrogens is 1. The zero-order valence-electron chi connectivity index (χ0n) is 9.16. The predicted octanol–water partition coefficient (Wildman–Crippen LogP) is 3.43. The normalized spacial score (nSPS) is 12.0. The summed E-state index contributed by atoms with van der Waals surface area (Å²) in [6, 6.07) is 3.33. The molecule has 6 heteroatoms. The average Bonchev–Trinajstić information content (AvgIpc) is 2.21. The number of aryl methyl sites for hydroxylation is 2. The minimum Gasteiger partial charge on any atom is -0.244 e. The number of halogens is 2. The molecular weight excluding hydrogens is 281 g/mol. The first kappa shape index (κ1) is 12.6. The molecule has 17 heavy (non-hydrogen) atoms. The topological polar surface area (TPSA) is 47.0 Å². The van der Waals surface area contributed by atoms with Crippen LogP contribution in [0.2, 0.25) is 5.15 Å². The molecule has 1 aromatic heterocycles. The van der Waals surface area contributed by atoms with Gasteiger partial charge in [0.1, 0.15) is 5.15 Å². The Morgan fingerprint density at radius 1 is 1.24 bits per heavy atom. The van der Waals surface area contributed by atoms with Crippen LogP contribution in [0, 0.1) is 13.8 Å². The van der Waals surface area contributed by atoms with Crippen molar-refractivity contribution in [2.24, 2.45) is 0 Å². The lowest BCUT2D eigenvalue weighted by Crippen LogP contribution is -1.96. The molecule has 0 fully saturated rings. The number of rotatable bonds is 1. The summed E-state index contributed by atoms with van der Waals surface area (Å²) in [5.74, 6) is 0.